The van der Waals surface area contributed by atoms with Gasteiger partial charge in [-0.3, -0.25) is 14.4 Å². The molecular weight excluding hydrogens is 587 g/mol. The molecule has 2 heterocycles. The summed E-state index contributed by atoms with van der Waals surface area (Å²) in [5.41, 5.74) is 4.41. The average molecular weight is 618 g/mol. The van der Waals surface area contributed by atoms with E-state index in [1.165, 1.54) is 23.5 Å². The number of methoxy groups -OCH3 is 1. The molecule has 4 rings (SSSR count). The SMILES string of the molecule is COc1ccc(S(=O)(=O)N2CCc3c(n(CC(=O)NCCCC(=O)O)c4ccc(ONC=O)cc34)C2)cc1.Cl.Cl. The van der Waals surface area contributed by atoms with E-state index in [9.17, 15) is 22.8 Å². The Labute approximate surface area is 243 Å². The molecule has 2 aromatic carbocycles. The molecule has 1 aromatic heterocycles. The van der Waals surface area contributed by atoms with Gasteiger partial charge in [0.15, 0.2) is 5.75 Å². The molecule has 40 heavy (non-hydrogen) atoms. The van der Waals surface area contributed by atoms with Crippen LogP contribution in [0.3, 0.4) is 0 Å². The number of sulfonamides is 1. The van der Waals surface area contributed by atoms with Crippen molar-refractivity contribution in [1.29, 1.82) is 0 Å². The largest absolute Gasteiger partial charge is 0.497 e. The first kappa shape index (κ1) is 32.7. The molecular formula is C25H30Cl2N4O8S. The summed E-state index contributed by atoms with van der Waals surface area (Å²) >= 11 is 0. The van der Waals surface area contributed by atoms with E-state index >= 15 is 0 Å². The first-order valence-corrected chi connectivity index (χ1v) is 13.3. The molecule has 0 radical (unpaired) electrons. The van der Waals surface area contributed by atoms with Crippen LogP contribution in [-0.4, -0.2) is 60.9 Å². The number of amides is 2. The maximum atomic E-state index is 13.4. The van der Waals surface area contributed by atoms with Crippen LogP contribution in [0.2, 0.25) is 0 Å². The third kappa shape index (κ3) is 7.16. The first-order valence-electron chi connectivity index (χ1n) is 11.9. The highest BCUT2D eigenvalue weighted by molar-refractivity contribution is 7.89. The van der Waals surface area contributed by atoms with E-state index in [-0.39, 0.29) is 68.2 Å². The number of hydrogen-bond donors (Lipinski definition) is 3. The monoisotopic (exact) mass is 616 g/mol. The molecule has 1 aliphatic heterocycles. The third-order valence-corrected chi connectivity index (χ3v) is 8.17. The van der Waals surface area contributed by atoms with Crippen LogP contribution in [0.1, 0.15) is 24.1 Å². The number of rotatable bonds is 12. The second-order valence-electron chi connectivity index (χ2n) is 8.64. The number of benzene rings is 2. The van der Waals surface area contributed by atoms with Gasteiger partial charge in [0.25, 0.3) is 0 Å². The Morgan fingerprint density at radius 3 is 2.45 bits per heavy atom. The van der Waals surface area contributed by atoms with Crippen LogP contribution >= 0.6 is 24.8 Å². The van der Waals surface area contributed by atoms with Crippen molar-refractivity contribution < 1.29 is 37.5 Å². The van der Waals surface area contributed by atoms with Gasteiger partial charge in [0, 0.05) is 36.1 Å². The van der Waals surface area contributed by atoms with Gasteiger partial charge in [-0.1, -0.05) is 0 Å². The lowest BCUT2D eigenvalue weighted by atomic mass is 10.0. The summed E-state index contributed by atoms with van der Waals surface area (Å²) in [6, 6.07) is 11.3. The lowest BCUT2D eigenvalue weighted by Crippen LogP contribution is -2.37. The number of fused-ring (bicyclic) bond motifs is 3. The van der Waals surface area contributed by atoms with Crippen molar-refractivity contribution in [2.45, 2.75) is 37.2 Å². The van der Waals surface area contributed by atoms with Gasteiger partial charge in [-0.05, 0) is 60.9 Å². The third-order valence-electron chi connectivity index (χ3n) is 6.31. The van der Waals surface area contributed by atoms with E-state index in [0.29, 0.717) is 42.0 Å². The summed E-state index contributed by atoms with van der Waals surface area (Å²) in [7, 11) is -2.32. The number of carboxylic acids is 1. The van der Waals surface area contributed by atoms with Crippen molar-refractivity contribution in [1.82, 2.24) is 19.7 Å². The molecule has 218 valence electrons. The van der Waals surface area contributed by atoms with Gasteiger partial charge in [-0.2, -0.15) is 9.79 Å². The molecule has 1 aliphatic rings. The lowest BCUT2D eigenvalue weighted by molar-refractivity contribution is -0.137. The lowest BCUT2D eigenvalue weighted by Gasteiger charge is -2.28. The summed E-state index contributed by atoms with van der Waals surface area (Å²) < 4.78 is 35.1. The molecule has 0 saturated carbocycles. The minimum atomic E-state index is -3.82. The maximum absolute atomic E-state index is 13.4. The van der Waals surface area contributed by atoms with Crippen molar-refractivity contribution >= 4 is 64.0 Å². The van der Waals surface area contributed by atoms with Crippen LogP contribution in [0.5, 0.6) is 11.5 Å². The molecule has 0 saturated heterocycles. The van der Waals surface area contributed by atoms with Crippen LogP contribution in [0.4, 0.5) is 0 Å². The Kier molecular flexibility index (Phi) is 11.6. The number of ether oxygens (including phenoxy) is 1. The Morgan fingerprint density at radius 2 is 1.80 bits per heavy atom. The second kappa shape index (κ2) is 14.2. The van der Waals surface area contributed by atoms with Gasteiger partial charge in [-0.25, -0.2) is 8.42 Å². The molecule has 15 heteroatoms. The van der Waals surface area contributed by atoms with Crippen LogP contribution in [-0.2, 0) is 43.9 Å². The minimum absolute atomic E-state index is 0. The smallest absolute Gasteiger partial charge is 0.303 e. The Hall–Kier alpha value is -3.52. The van der Waals surface area contributed by atoms with Gasteiger partial charge in [-0.15, -0.1) is 24.8 Å². The number of hydrogen-bond acceptors (Lipinski definition) is 7. The van der Waals surface area contributed by atoms with Crippen LogP contribution in [0, 0.1) is 0 Å². The number of nitrogens with one attached hydrogen (secondary N) is 2. The molecule has 3 aromatic rings. The van der Waals surface area contributed by atoms with E-state index in [1.807, 2.05) is 0 Å². The highest BCUT2D eigenvalue weighted by Crippen LogP contribution is 2.35. The topological polar surface area (TPSA) is 156 Å². The fourth-order valence-corrected chi connectivity index (χ4v) is 5.91. The first-order chi connectivity index (χ1) is 18.2. The highest BCUT2D eigenvalue weighted by atomic mass is 35.5. The van der Waals surface area contributed by atoms with E-state index in [1.54, 1.807) is 34.9 Å². The van der Waals surface area contributed by atoms with Gasteiger partial charge in [0.1, 0.15) is 12.3 Å². The summed E-state index contributed by atoms with van der Waals surface area (Å²) in [5.74, 6) is -0.337. The number of aliphatic carboxylic acids is 1. The number of carboxylic acid groups (broad SMARTS) is 1. The zero-order valence-electron chi connectivity index (χ0n) is 21.5. The number of carbonyl (C=O) groups excluding carboxylic acids is 2. The van der Waals surface area contributed by atoms with Crippen LogP contribution < -0.4 is 20.4 Å². The molecule has 12 nitrogen and oxygen atoms in total. The quantitative estimate of drug-likeness (QED) is 0.159. The van der Waals surface area contributed by atoms with E-state index < -0.39 is 16.0 Å². The molecule has 0 spiro atoms. The number of nitrogens with zero attached hydrogens (tertiary/aromatic N) is 2. The van der Waals surface area contributed by atoms with Crippen LogP contribution in [0.15, 0.2) is 47.4 Å². The highest BCUT2D eigenvalue weighted by Gasteiger charge is 2.32. The summed E-state index contributed by atoms with van der Waals surface area (Å²) in [5, 5.41) is 12.3. The standard InChI is InChI=1S/C25H28N4O8S.2ClH/c1-36-17-4-7-19(8-5-17)38(34,35)28-12-10-20-21-13-18(37-27-16-30)6-9-22(21)29(23(20)14-28)15-24(31)26-11-2-3-25(32)33;;/h4-9,13,16H,2-3,10-12,14-15H2,1H3,(H,26,31)(H,27,30)(H,32,33);2*1H. The second-order valence-corrected chi connectivity index (χ2v) is 10.6. The molecule has 0 atom stereocenters. The van der Waals surface area contributed by atoms with Gasteiger partial charge in [0.2, 0.25) is 22.3 Å². The van der Waals surface area contributed by atoms with E-state index in [4.69, 9.17) is 14.7 Å². The zero-order chi connectivity index (χ0) is 27.3. The molecule has 3 N–H and O–H groups in total. The molecule has 0 bridgehead atoms. The molecule has 0 unspecified atom stereocenters. The summed E-state index contributed by atoms with van der Waals surface area (Å²) in [6.07, 6.45) is 1.04. The van der Waals surface area contributed by atoms with Crippen molar-refractivity contribution in [3.63, 3.8) is 0 Å². The number of hydroxylamine groups is 1. The van der Waals surface area contributed by atoms with Crippen molar-refractivity contribution in [2.75, 3.05) is 20.2 Å². The maximum Gasteiger partial charge on any atom is 0.303 e. The molecule has 0 aliphatic carbocycles. The molecule has 0 fully saturated rings. The summed E-state index contributed by atoms with van der Waals surface area (Å²) in [4.78, 5) is 39.5. The Morgan fingerprint density at radius 1 is 1.10 bits per heavy atom. The van der Waals surface area contributed by atoms with E-state index in [2.05, 4.69) is 10.8 Å². The van der Waals surface area contributed by atoms with Crippen molar-refractivity contribution in [2.24, 2.45) is 0 Å². The Bertz CT molecular complexity index is 1460. The number of carbonyl (C=O) groups is 3. The minimum Gasteiger partial charge on any atom is -0.497 e. The van der Waals surface area contributed by atoms with Crippen LogP contribution in [0.25, 0.3) is 10.9 Å². The molecule has 2 amide bonds. The van der Waals surface area contributed by atoms with Gasteiger partial charge < -0.3 is 24.6 Å². The van der Waals surface area contributed by atoms with Crippen molar-refractivity contribution in [3.8, 4) is 11.5 Å². The fourth-order valence-electron chi connectivity index (χ4n) is 4.50. The van der Waals surface area contributed by atoms with E-state index in [0.717, 1.165) is 10.9 Å². The zero-order valence-corrected chi connectivity index (χ0v) is 23.9. The van der Waals surface area contributed by atoms with Gasteiger partial charge >= 0.3 is 5.97 Å². The fraction of sp³-hybridized carbons (Fsp3) is 0.320. The average Bonchev–Trinajstić information content (AvgIpc) is 3.21. The van der Waals surface area contributed by atoms with Gasteiger partial charge in [0.05, 0.1) is 18.6 Å². The predicted octanol–water partition coefficient (Wildman–Crippen LogP) is 2.26. The van der Waals surface area contributed by atoms with Crippen molar-refractivity contribution in [3.05, 3.63) is 53.7 Å². The number of halogens is 2. The predicted molar refractivity (Wildman–Crippen MR) is 150 cm³/mol. The Balaban J connectivity index is 0.00000280. The summed E-state index contributed by atoms with van der Waals surface area (Å²) in [6.45, 7) is 0.412. The number of aromatic nitrogens is 1. The normalized spacial score (nSPS) is 12.8.